The van der Waals surface area contributed by atoms with Gasteiger partial charge >= 0.3 is 5.69 Å². The molecule has 0 aromatic carbocycles. The lowest BCUT2D eigenvalue weighted by Gasteiger charge is -2.15. The molecule has 106 valence electrons. The van der Waals surface area contributed by atoms with Crippen LogP contribution in [-0.2, 0) is 4.74 Å². The van der Waals surface area contributed by atoms with Gasteiger partial charge in [-0.1, -0.05) is 0 Å². The summed E-state index contributed by atoms with van der Waals surface area (Å²) < 4.78 is 19.9. The van der Waals surface area contributed by atoms with E-state index in [1.165, 1.54) is 11.8 Å². The van der Waals surface area contributed by atoms with Crippen molar-refractivity contribution in [3.8, 4) is 0 Å². The Morgan fingerprint density at radius 3 is 3.00 bits per heavy atom. The summed E-state index contributed by atoms with van der Waals surface area (Å²) in [5, 5.41) is 8.76. The number of nitrogens with one attached hydrogen (secondary N) is 1. The summed E-state index contributed by atoms with van der Waals surface area (Å²) in [4.78, 5) is 24.6. The van der Waals surface area contributed by atoms with E-state index >= 15 is 0 Å². The molecule has 0 amide bonds. The van der Waals surface area contributed by atoms with Crippen LogP contribution in [0.1, 0.15) is 18.7 Å². The Morgan fingerprint density at radius 2 is 2.37 bits per heavy atom. The van der Waals surface area contributed by atoms with Crippen molar-refractivity contribution in [3.05, 3.63) is 32.9 Å². The van der Waals surface area contributed by atoms with Gasteiger partial charge in [0.15, 0.2) is 0 Å². The molecule has 6 nitrogen and oxygen atoms in total. The number of ether oxygens (including phenoxy) is 1. The van der Waals surface area contributed by atoms with Gasteiger partial charge < -0.3 is 9.84 Å². The molecule has 0 unspecified atom stereocenters. The highest BCUT2D eigenvalue weighted by Crippen LogP contribution is 2.41. The van der Waals surface area contributed by atoms with Crippen molar-refractivity contribution in [1.29, 1.82) is 0 Å². The number of aromatic nitrogens is 2. The summed E-state index contributed by atoms with van der Waals surface area (Å²) in [6, 6.07) is 0. The molecular weight excluding hydrogens is 275 g/mol. The number of aliphatic hydroxyl groups is 1. The van der Waals surface area contributed by atoms with Crippen LogP contribution in [0, 0.1) is 5.82 Å². The average Bonchev–Trinajstić information content (AvgIpc) is 2.77. The topological polar surface area (TPSA) is 84.3 Å². The number of nitrogens with zero attached hydrogens (tertiary/aromatic N) is 1. The van der Waals surface area contributed by atoms with Gasteiger partial charge in [-0.2, -0.15) is 4.39 Å². The van der Waals surface area contributed by atoms with Crippen molar-refractivity contribution in [1.82, 2.24) is 9.55 Å². The minimum atomic E-state index is -1.02. The molecule has 8 heteroatoms. The van der Waals surface area contributed by atoms with Crippen LogP contribution in [0.3, 0.4) is 0 Å². The molecule has 2 rings (SSSR count). The molecule has 1 aromatic heterocycles. The molecular formula is C11H15FN2O4S. The zero-order chi connectivity index (χ0) is 14.0. The zero-order valence-corrected chi connectivity index (χ0v) is 11.2. The third-order valence-electron chi connectivity index (χ3n) is 2.98. The van der Waals surface area contributed by atoms with Crippen molar-refractivity contribution in [2.45, 2.75) is 30.1 Å². The van der Waals surface area contributed by atoms with Crippen LogP contribution < -0.4 is 11.2 Å². The summed E-state index contributed by atoms with van der Waals surface area (Å²) in [6.45, 7) is 2.27. The van der Waals surface area contributed by atoms with Crippen molar-refractivity contribution < 1.29 is 14.2 Å². The average molecular weight is 290 g/mol. The SMILES string of the molecule is CCO[C@H]1C[C@H](n2cc(F)c(=O)[nH]c2=O)S[C@@H]1CO. The summed E-state index contributed by atoms with van der Waals surface area (Å²) in [5.74, 6) is -0.999. The Bertz CT molecular complexity index is 558. The van der Waals surface area contributed by atoms with Gasteiger partial charge in [-0.15, -0.1) is 11.8 Å². The van der Waals surface area contributed by atoms with Crippen LogP contribution in [0.4, 0.5) is 4.39 Å². The van der Waals surface area contributed by atoms with E-state index in [1.807, 2.05) is 11.9 Å². The van der Waals surface area contributed by atoms with Gasteiger partial charge in [0.1, 0.15) is 0 Å². The van der Waals surface area contributed by atoms with Crippen molar-refractivity contribution in [2.24, 2.45) is 0 Å². The molecule has 1 aromatic rings. The van der Waals surface area contributed by atoms with E-state index in [2.05, 4.69) is 0 Å². The van der Waals surface area contributed by atoms with E-state index in [0.29, 0.717) is 13.0 Å². The van der Waals surface area contributed by atoms with Gasteiger partial charge in [-0.05, 0) is 6.92 Å². The van der Waals surface area contributed by atoms with Gasteiger partial charge in [0.2, 0.25) is 5.82 Å². The quantitative estimate of drug-likeness (QED) is 0.820. The van der Waals surface area contributed by atoms with Crippen molar-refractivity contribution in [3.63, 3.8) is 0 Å². The molecule has 2 N–H and O–H groups in total. The number of hydrogen-bond acceptors (Lipinski definition) is 5. The largest absolute Gasteiger partial charge is 0.395 e. The minimum absolute atomic E-state index is 0.0770. The number of aromatic amines is 1. The third-order valence-corrected chi connectivity index (χ3v) is 4.51. The molecule has 1 aliphatic rings. The second kappa shape index (κ2) is 5.89. The second-order valence-electron chi connectivity index (χ2n) is 4.18. The Morgan fingerprint density at radius 1 is 1.63 bits per heavy atom. The van der Waals surface area contributed by atoms with Crippen LogP contribution in [0.5, 0.6) is 0 Å². The van der Waals surface area contributed by atoms with Crippen LogP contribution in [0.2, 0.25) is 0 Å². The van der Waals surface area contributed by atoms with Crippen LogP contribution in [-0.4, -0.2) is 39.2 Å². The molecule has 0 saturated carbocycles. The van der Waals surface area contributed by atoms with E-state index in [0.717, 1.165) is 10.8 Å². The predicted octanol–water partition coefficient (Wildman–Crippen LogP) is 0.0772. The number of H-pyrrole nitrogens is 1. The summed E-state index contributed by atoms with van der Waals surface area (Å²) >= 11 is 1.34. The van der Waals surface area contributed by atoms with Gasteiger partial charge in [0.05, 0.1) is 29.5 Å². The first kappa shape index (κ1) is 14.3. The number of halogens is 1. The van der Waals surface area contributed by atoms with E-state index in [9.17, 15) is 19.1 Å². The Labute approximate surface area is 112 Å². The lowest BCUT2D eigenvalue weighted by molar-refractivity contribution is 0.0472. The molecule has 3 atom stereocenters. The Balaban J connectivity index is 2.27. The zero-order valence-electron chi connectivity index (χ0n) is 10.3. The van der Waals surface area contributed by atoms with E-state index in [-0.39, 0.29) is 23.3 Å². The van der Waals surface area contributed by atoms with E-state index in [4.69, 9.17) is 4.74 Å². The summed E-state index contributed by atoms with van der Waals surface area (Å²) in [6.07, 6.45) is 1.20. The molecule has 0 aliphatic carbocycles. The number of aliphatic hydroxyl groups excluding tert-OH is 1. The van der Waals surface area contributed by atoms with Crippen LogP contribution >= 0.6 is 11.8 Å². The highest BCUT2D eigenvalue weighted by molar-refractivity contribution is 8.00. The first-order valence-corrected chi connectivity index (χ1v) is 6.90. The first-order valence-electron chi connectivity index (χ1n) is 5.95. The Hall–Kier alpha value is -1.12. The van der Waals surface area contributed by atoms with Crippen LogP contribution in [0.25, 0.3) is 0 Å². The van der Waals surface area contributed by atoms with Gasteiger partial charge in [0, 0.05) is 13.0 Å². The van der Waals surface area contributed by atoms with Crippen molar-refractivity contribution >= 4 is 11.8 Å². The number of hydrogen-bond donors (Lipinski definition) is 2. The normalized spacial score (nSPS) is 26.8. The molecule has 19 heavy (non-hydrogen) atoms. The maximum atomic E-state index is 13.2. The Kier molecular flexibility index (Phi) is 4.43. The highest BCUT2D eigenvalue weighted by Gasteiger charge is 2.36. The van der Waals surface area contributed by atoms with Crippen LogP contribution in [0.15, 0.2) is 15.8 Å². The fraction of sp³-hybridized carbons (Fsp3) is 0.636. The fourth-order valence-corrected chi connectivity index (χ4v) is 3.54. The van der Waals surface area contributed by atoms with Gasteiger partial charge in [-0.25, -0.2) is 4.79 Å². The summed E-state index contributed by atoms with van der Waals surface area (Å²) in [7, 11) is 0. The first-order chi connectivity index (χ1) is 9.06. The van der Waals surface area contributed by atoms with E-state index in [1.54, 1.807) is 0 Å². The minimum Gasteiger partial charge on any atom is -0.395 e. The molecule has 0 bridgehead atoms. The monoisotopic (exact) mass is 290 g/mol. The smallest absolute Gasteiger partial charge is 0.329 e. The number of thioether (sulfide) groups is 1. The fourth-order valence-electron chi connectivity index (χ4n) is 2.10. The molecule has 1 fully saturated rings. The van der Waals surface area contributed by atoms with E-state index < -0.39 is 17.1 Å². The molecule has 1 aliphatic heterocycles. The second-order valence-corrected chi connectivity index (χ2v) is 5.61. The lowest BCUT2D eigenvalue weighted by Crippen LogP contribution is -2.32. The molecule has 0 spiro atoms. The maximum absolute atomic E-state index is 13.2. The standard InChI is InChI=1S/C11H15FN2O4S/c1-2-18-7-3-9(19-8(7)5-15)14-4-6(12)10(16)13-11(14)17/h4,7-9,15H,2-3,5H2,1H3,(H,13,16,17)/t7-,8+,9+/m0/s1. The lowest BCUT2D eigenvalue weighted by atomic mass is 10.2. The predicted molar refractivity (Wildman–Crippen MR) is 68.8 cm³/mol. The summed E-state index contributed by atoms with van der Waals surface area (Å²) in [5.41, 5.74) is -1.68. The molecule has 2 heterocycles. The van der Waals surface area contributed by atoms with Gasteiger partial charge in [0.25, 0.3) is 5.56 Å². The van der Waals surface area contributed by atoms with Gasteiger partial charge in [-0.3, -0.25) is 14.3 Å². The number of rotatable bonds is 4. The van der Waals surface area contributed by atoms with Crippen molar-refractivity contribution in [2.75, 3.05) is 13.2 Å². The molecule has 0 radical (unpaired) electrons. The highest BCUT2D eigenvalue weighted by atomic mass is 32.2. The maximum Gasteiger partial charge on any atom is 0.329 e. The molecule has 1 saturated heterocycles. The third kappa shape index (κ3) is 2.90.